The van der Waals surface area contributed by atoms with E-state index in [9.17, 15) is 0 Å². The smallest absolute Gasteiger partial charge is 0.191 e. The molecule has 0 bridgehead atoms. The highest BCUT2D eigenvalue weighted by Crippen LogP contribution is 2.43. The van der Waals surface area contributed by atoms with E-state index < -0.39 is 0 Å². The standard InChI is InChI=1S/C24H37N3O4/c1-25-23(26-10-4-11-28-16-19-7-12-29-17-19)27-18-24(8-2-3-9-24)20-5-6-21-22(15-20)31-14-13-30-21/h5-6,15,19H,2-4,7-14,16-18H2,1H3,(H2,25,26,27). The first-order chi connectivity index (χ1) is 15.3. The molecule has 172 valence electrons. The van der Waals surface area contributed by atoms with E-state index in [1.807, 2.05) is 7.05 Å². The third kappa shape index (κ3) is 5.83. The van der Waals surface area contributed by atoms with Crippen molar-refractivity contribution in [1.29, 1.82) is 0 Å². The van der Waals surface area contributed by atoms with Crippen LogP contribution in [-0.2, 0) is 14.9 Å². The fourth-order valence-corrected chi connectivity index (χ4v) is 4.81. The minimum Gasteiger partial charge on any atom is -0.486 e. The van der Waals surface area contributed by atoms with Gasteiger partial charge in [0.05, 0.1) is 13.2 Å². The van der Waals surface area contributed by atoms with E-state index in [1.165, 1.54) is 31.2 Å². The number of rotatable bonds is 9. The number of ether oxygens (including phenoxy) is 4. The first-order valence-electron chi connectivity index (χ1n) is 11.8. The lowest BCUT2D eigenvalue weighted by molar-refractivity contribution is 0.0888. The number of benzene rings is 1. The molecule has 0 spiro atoms. The highest BCUT2D eigenvalue weighted by atomic mass is 16.6. The van der Waals surface area contributed by atoms with Gasteiger partial charge in [-0.05, 0) is 43.4 Å². The molecule has 1 saturated carbocycles. The second-order valence-corrected chi connectivity index (χ2v) is 8.86. The molecule has 1 saturated heterocycles. The molecule has 2 aliphatic heterocycles. The first kappa shape index (κ1) is 22.2. The van der Waals surface area contributed by atoms with Crippen molar-refractivity contribution in [3.05, 3.63) is 23.8 Å². The summed E-state index contributed by atoms with van der Waals surface area (Å²) in [6.07, 6.45) is 6.95. The van der Waals surface area contributed by atoms with Gasteiger partial charge < -0.3 is 29.6 Å². The summed E-state index contributed by atoms with van der Waals surface area (Å²) in [6.45, 7) is 6.26. The van der Waals surface area contributed by atoms with E-state index >= 15 is 0 Å². The van der Waals surface area contributed by atoms with E-state index in [2.05, 4.69) is 33.8 Å². The molecule has 1 aliphatic carbocycles. The Balaban J connectivity index is 1.24. The quantitative estimate of drug-likeness (QED) is 0.356. The number of hydrogen-bond donors (Lipinski definition) is 2. The molecule has 4 rings (SSSR count). The second-order valence-electron chi connectivity index (χ2n) is 8.86. The molecule has 7 heteroatoms. The Bertz CT molecular complexity index is 728. The summed E-state index contributed by atoms with van der Waals surface area (Å²) in [6, 6.07) is 6.46. The summed E-state index contributed by atoms with van der Waals surface area (Å²) in [7, 11) is 1.83. The van der Waals surface area contributed by atoms with Gasteiger partial charge in [-0.25, -0.2) is 0 Å². The van der Waals surface area contributed by atoms with Crippen molar-refractivity contribution in [3.8, 4) is 11.5 Å². The van der Waals surface area contributed by atoms with Gasteiger partial charge in [-0.3, -0.25) is 4.99 Å². The molecular weight excluding hydrogens is 394 g/mol. The van der Waals surface area contributed by atoms with Crippen molar-refractivity contribution >= 4 is 5.96 Å². The van der Waals surface area contributed by atoms with Crippen LogP contribution in [0.5, 0.6) is 11.5 Å². The van der Waals surface area contributed by atoms with E-state index in [-0.39, 0.29) is 5.41 Å². The Hall–Kier alpha value is -1.99. The summed E-state index contributed by atoms with van der Waals surface area (Å²) in [5, 5.41) is 7.01. The summed E-state index contributed by atoms with van der Waals surface area (Å²) < 4.78 is 22.7. The minimum absolute atomic E-state index is 0.111. The molecule has 1 aromatic rings. The maximum atomic E-state index is 5.83. The lowest BCUT2D eigenvalue weighted by atomic mass is 9.78. The number of nitrogens with one attached hydrogen (secondary N) is 2. The normalized spacial score (nSPS) is 22.5. The van der Waals surface area contributed by atoms with Crippen molar-refractivity contribution in [1.82, 2.24) is 10.6 Å². The van der Waals surface area contributed by atoms with Gasteiger partial charge in [0.25, 0.3) is 0 Å². The third-order valence-electron chi connectivity index (χ3n) is 6.67. The molecule has 0 radical (unpaired) electrons. The Morgan fingerprint density at radius 1 is 1.13 bits per heavy atom. The van der Waals surface area contributed by atoms with E-state index in [1.54, 1.807) is 0 Å². The Kier molecular flexibility index (Phi) is 7.92. The van der Waals surface area contributed by atoms with Gasteiger partial charge in [0.1, 0.15) is 13.2 Å². The molecule has 7 nitrogen and oxygen atoms in total. The molecule has 1 atom stereocenters. The van der Waals surface area contributed by atoms with Crippen LogP contribution in [-0.4, -0.2) is 65.7 Å². The van der Waals surface area contributed by atoms with Crippen LogP contribution in [0.2, 0.25) is 0 Å². The topological polar surface area (TPSA) is 73.3 Å². The maximum Gasteiger partial charge on any atom is 0.191 e. The SMILES string of the molecule is CN=C(NCCCOCC1CCOC1)NCC1(c2ccc3c(c2)OCCO3)CCCC1. The summed E-state index contributed by atoms with van der Waals surface area (Å²) in [5.74, 6) is 3.16. The lowest BCUT2D eigenvalue weighted by Crippen LogP contribution is -2.45. The molecule has 0 amide bonds. The zero-order valence-electron chi connectivity index (χ0n) is 18.8. The lowest BCUT2D eigenvalue weighted by Gasteiger charge is -2.32. The monoisotopic (exact) mass is 431 g/mol. The van der Waals surface area contributed by atoms with Gasteiger partial charge in [0.2, 0.25) is 0 Å². The molecule has 2 N–H and O–H groups in total. The van der Waals surface area contributed by atoms with Crippen molar-refractivity contribution < 1.29 is 18.9 Å². The van der Waals surface area contributed by atoms with E-state index in [4.69, 9.17) is 18.9 Å². The molecule has 0 aromatic heterocycles. The summed E-state index contributed by atoms with van der Waals surface area (Å²) >= 11 is 0. The maximum absolute atomic E-state index is 5.83. The Morgan fingerprint density at radius 3 is 2.74 bits per heavy atom. The number of guanidine groups is 1. The van der Waals surface area contributed by atoms with Crippen LogP contribution in [0, 0.1) is 5.92 Å². The molecule has 2 heterocycles. The Labute approximate surface area is 185 Å². The largest absolute Gasteiger partial charge is 0.486 e. The van der Waals surface area contributed by atoms with Gasteiger partial charge in [-0.2, -0.15) is 0 Å². The van der Waals surface area contributed by atoms with Crippen molar-refractivity contribution in [3.63, 3.8) is 0 Å². The average molecular weight is 432 g/mol. The van der Waals surface area contributed by atoms with Crippen LogP contribution in [0.4, 0.5) is 0 Å². The fraction of sp³-hybridized carbons (Fsp3) is 0.708. The number of aliphatic imine (C=N–C) groups is 1. The summed E-state index contributed by atoms with van der Waals surface area (Å²) in [4.78, 5) is 4.42. The van der Waals surface area contributed by atoms with Crippen LogP contribution in [0.1, 0.15) is 44.1 Å². The average Bonchev–Trinajstić information content (AvgIpc) is 3.51. The molecule has 31 heavy (non-hydrogen) atoms. The van der Waals surface area contributed by atoms with Gasteiger partial charge in [0.15, 0.2) is 17.5 Å². The number of hydrogen-bond acceptors (Lipinski definition) is 5. The third-order valence-corrected chi connectivity index (χ3v) is 6.67. The predicted molar refractivity (Wildman–Crippen MR) is 121 cm³/mol. The van der Waals surface area contributed by atoms with E-state index in [0.717, 1.165) is 69.8 Å². The highest BCUT2D eigenvalue weighted by Gasteiger charge is 2.36. The van der Waals surface area contributed by atoms with Crippen LogP contribution in [0.3, 0.4) is 0 Å². The first-order valence-corrected chi connectivity index (χ1v) is 11.8. The molecule has 2 fully saturated rings. The number of fused-ring (bicyclic) bond motifs is 1. The summed E-state index contributed by atoms with van der Waals surface area (Å²) in [5.41, 5.74) is 1.45. The molecular formula is C24H37N3O4. The van der Waals surface area contributed by atoms with Crippen molar-refractivity contribution in [2.45, 2.75) is 43.9 Å². The molecule has 1 unspecified atom stereocenters. The van der Waals surface area contributed by atoms with Crippen molar-refractivity contribution in [2.24, 2.45) is 10.9 Å². The van der Waals surface area contributed by atoms with Gasteiger partial charge in [-0.15, -0.1) is 0 Å². The predicted octanol–water partition coefficient (Wildman–Crippen LogP) is 2.88. The van der Waals surface area contributed by atoms with Crippen molar-refractivity contribution in [2.75, 3.05) is 59.8 Å². The van der Waals surface area contributed by atoms with Crippen LogP contribution < -0.4 is 20.1 Å². The highest BCUT2D eigenvalue weighted by molar-refractivity contribution is 5.79. The van der Waals surface area contributed by atoms with Gasteiger partial charge >= 0.3 is 0 Å². The zero-order valence-corrected chi connectivity index (χ0v) is 18.8. The zero-order chi connectivity index (χ0) is 21.4. The fourth-order valence-electron chi connectivity index (χ4n) is 4.81. The minimum atomic E-state index is 0.111. The van der Waals surface area contributed by atoms with E-state index in [0.29, 0.717) is 19.1 Å². The number of nitrogens with zero attached hydrogens (tertiary/aromatic N) is 1. The molecule has 1 aromatic carbocycles. The second kappa shape index (κ2) is 11.0. The van der Waals surface area contributed by atoms with Gasteiger partial charge in [-0.1, -0.05) is 18.9 Å². The van der Waals surface area contributed by atoms with Crippen LogP contribution >= 0.6 is 0 Å². The Morgan fingerprint density at radius 2 is 1.97 bits per heavy atom. The van der Waals surface area contributed by atoms with Crippen LogP contribution in [0.25, 0.3) is 0 Å². The van der Waals surface area contributed by atoms with Crippen LogP contribution in [0.15, 0.2) is 23.2 Å². The molecule has 3 aliphatic rings. The van der Waals surface area contributed by atoms with Gasteiger partial charge in [0, 0.05) is 44.7 Å².